The lowest BCUT2D eigenvalue weighted by molar-refractivity contribution is -0.0975. The van der Waals surface area contributed by atoms with Gasteiger partial charge in [0.25, 0.3) is 5.92 Å². The maximum Gasteiger partial charge on any atom is 0.281 e. The third-order valence-corrected chi connectivity index (χ3v) is 6.83. The highest BCUT2D eigenvalue weighted by molar-refractivity contribution is 7.92. The number of sulfone groups is 1. The van der Waals surface area contributed by atoms with E-state index in [1.807, 2.05) is 6.07 Å². The zero-order valence-corrected chi connectivity index (χ0v) is 13.5. The average Bonchev–Trinajstić information content (AvgIpc) is 2.94. The van der Waals surface area contributed by atoms with E-state index in [0.717, 1.165) is 17.6 Å². The van der Waals surface area contributed by atoms with Crippen molar-refractivity contribution in [3.8, 4) is 16.5 Å². The molecule has 0 saturated heterocycles. The van der Waals surface area contributed by atoms with Crippen LogP contribution >= 0.6 is 11.3 Å². The first kappa shape index (κ1) is 16.1. The van der Waals surface area contributed by atoms with Crippen LogP contribution in [0.3, 0.4) is 0 Å². The zero-order valence-electron chi connectivity index (χ0n) is 11.9. The quantitative estimate of drug-likeness (QED) is 0.898. The Morgan fingerprint density at radius 2 is 2.13 bits per heavy atom. The molecule has 0 radical (unpaired) electrons. The standard InChI is InChI=1S/C15H11F2NO3S2/c1-23(20,21)14-11-10(6-15(16,17)13(11)19)12(22-14)9-4-2-3-8(5-9)7-18/h2-5,13,19H,6H2,1H3/t13-/m0/s1. The van der Waals surface area contributed by atoms with Gasteiger partial charge in [0.15, 0.2) is 9.84 Å². The van der Waals surface area contributed by atoms with Crippen molar-refractivity contribution in [1.29, 1.82) is 5.26 Å². The van der Waals surface area contributed by atoms with Crippen LogP contribution in [0.1, 0.15) is 22.8 Å². The monoisotopic (exact) mass is 355 g/mol. The Labute approximate surface area is 135 Å². The summed E-state index contributed by atoms with van der Waals surface area (Å²) in [6.45, 7) is 0. The molecule has 1 atom stereocenters. The average molecular weight is 355 g/mol. The number of nitrogens with zero attached hydrogens (tertiary/aromatic N) is 1. The molecule has 0 bridgehead atoms. The zero-order chi connectivity index (χ0) is 17.0. The van der Waals surface area contributed by atoms with Gasteiger partial charge in [-0.05, 0) is 23.3 Å². The molecule has 1 aliphatic carbocycles. The Hall–Kier alpha value is -1.82. The van der Waals surface area contributed by atoms with Crippen LogP contribution in [0.2, 0.25) is 0 Å². The first-order valence-corrected chi connectivity index (χ1v) is 9.28. The molecule has 8 heteroatoms. The topological polar surface area (TPSA) is 78.2 Å². The van der Waals surface area contributed by atoms with Crippen molar-refractivity contribution < 1.29 is 22.3 Å². The number of hydrogen-bond donors (Lipinski definition) is 1. The molecule has 4 nitrogen and oxygen atoms in total. The van der Waals surface area contributed by atoms with E-state index < -0.39 is 28.3 Å². The van der Waals surface area contributed by atoms with Crippen LogP contribution < -0.4 is 0 Å². The number of alkyl halides is 2. The van der Waals surface area contributed by atoms with E-state index >= 15 is 0 Å². The molecule has 1 aromatic carbocycles. The van der Waals surface area contributed by atoms with E-state index in [9.17, 15) is 22.3 Å². The molecule has 1 N–H and O–H groups in total. The van der Waals surface area contributed by atoms with Gasteiger partial charge in [-0.25, -0.2) is 17.2 Å². The second kappa shape index (κ2) is 5.09. The van der Waals surface area contributed by atoms with Crippen molar-refractivity contribution in [1.82, 2.24) is 0 Å². The number of aliphatic hydroxyl groups excluding tert-OH is 1. The van der Waals surface area contributed by atoms with Gasteiger partial charge in [0.2, 0.25) is 0 Å². The molecular formula is C15H11F2NO3S2. The maximum atomic E-state index is 13.9. The van der Waals surface area contributed by atoms with Crippen LogP contribution in [0.5, 0.6) is 0 Å². The Morgan fingerprint density at radius 1 is 1.43 bits per heavy atom. The predicted molar refractivity (Wildman–Crippen MR) is 81.2 cm³/mol. The summed E-state index contributed by atoms with van der Waals surface area (Å²) in [5.41, 5.74) is 0.767. The molecule has 2 aromatic rings. The minimum Gasteiger partial charge on any atom is -0.382 e. The summed E-state index contributed by atoms with van der Waals surface area (Å²) >= 11 is 0.855. The van der Waals surface area contributed by atoms with Crippen molar-refractivity contribution in [3.63, 3.8) is 0 Å². The summed E-state index contributed by atoms with van der Waals surface area (Å²) < 4.78 is 51.4. The highest BCUT2D eigenvalue weighted by Crippen LogP contribution is 2.53. The van der Waals surface area contributed by atoms with E-state index in [0.29, 0.717) is 16.0 Å². The van der Waals surface area contributed by atoms with Crippen LogP contribution in [0.4, 0.5) is 8.78 Å². The highest BCUT2D eigenvalue weighted by atomic mass is 32.2. The van der Waals surface area contributed by atoms with E-state index in [4.69, 9.17) is 5.26 Å². The molecule has 1 heterocycles. The molecule has 0 amide bonds. The molecule has 0 aliphatic heterocycles. The first-order valence-electron chi connectivity index (χ1n) is 6.57. The number of hydrogen-bond acceptors (Lipinski definition) is 5. The van der Waals surface area contributed by atoms with Gasteiger partial charge in [0, 0.05) is 23.1 Å². The van der Waals surface area contributed by atoms with Crippen molar-refractivity contribution in [2.45, 2.75) is 22.7 Å². The molecule has 120 valence electrons. The van der Waals surface area contributed by atoms with Crippen LogP contribution in [-0.4, -0.2) is 25.7 Å². The van der Waals surface area contributed by atoms with Gasteiger partial charge in [-0.3, -0.25) is 0 Å². The summed E-state index contributed by atoms with van der Waals surface area (Å²) in [7, 11) is -3.75. The minimum absolute atomic E-state index is 0.142. The number of benzene rings is 1. The molecule has 0 unspecified atom stereocenters. The Morgan fingerprint density at radius 3 is 2.74 bits per heavy atom. The van der Waals surface area contributed by atoms with Gasteiger partial charge in [-0.2, -0.15) is 5.26 Å². The van der Waals surface area contributed by atoms with Gasteiger partial charge in [0.1, 0.15) is 10.3 Å². The lowest BCUT2D eigenvalue weighted by atomic mass is 10.1. The molecule has 1 aromatic heterocycles. The molecule has 0 fully saturated rings. The Kier molecular flexibility index (Phi) is 3.55. The van der Waals surface area contributed by atoms with Crippen LogP contribution in [0.25, 0.3) is 10.4 Å². The lowest BCUT2D eigenvalue weighted by Crippen LogP contribution is -2.22. The number of rotatable bonds is 2. The van der Waals surface area contributed by atoms with E-state index in [-0.39, 0.29) is 15.3 Å². The van der Waals surface area contributed by atoms with E-state index in [1.54, 1.807) is 18.2 Å². The summed E-state index contributed by atoms with van der Waals surface area (Å²) in [6.07, 6.45) is -1.93. The second-order valence-corrected chi connectivity index (χ2v) is 8.65. The third kappa shape index (κ3) is 2.55. The predicted octanol–water partition coefficient (Wildman–Crippen LogP) is 2.92. The maximum absolute atomic E-state index is 13.9. The third-order valence-electron chi connectivity index (χ3n) is 3.69. The van der Waals surface area contributed by atoms with Gasteiger partial charge >= 0.3 is 0 Å². The first-order chi connectivity index (χ1) is 10.6. The van der Waals surface area contributed by atoms with Gasteiger partial charge in [0.05, 0.1) is 11.6 Å². The van der Waals surface area contributed by atoms with Crippen LogP contribution in [0.15, 0.2) is 28.5 Å². The van der Waals surface area contributed by atoms with Crippen molar-refractivity contribution in [3.05, 3.63) is 41.0 Å². The largest absolute Gasteiger partial charge is 0.382 e. The van der Waals surface area contributed by atoms with Gasteiger partial charge < -0.3 is 5.11 Å². The number of halogens is 2. The number of thiophene rings is 1. The fourth-order valence-electron chi connectivity index (χ4n) is 2.69. The Bertz CT molecular complexity index is 942. The number of nitriles is 1. The normalized spacial score (nSPS) is 19.3. The Balaban J connectivity index is 2.29. The van der Waals surface area contributed by atoms with Crippen LogP contribution in [-0.2, 0) is 16.3 Å². The van der Waals surface area contributed by atoms with Crippen molar-refractivity contribution >= 4 is 21.2 Å². The van der Waals surface area contributed by atoms with Crippen LogP contribution in [0, 0.1) is 11.3 Å². The van der Waals surface area contributed by atoms with E-state index in [2.05, 4.69) is 0 Å². The van der Waals surface area contributed by atoms with Crippen molar-refractivity contribution in [2.24, 2.45) is 0 Å². The molecule has 0 saturated carbocycles. The highest BCUT2D eigenvalue weighted by Gasteiger charge is 2.51. The van der Waals surface area contributed by atoms with Crippen molar-refractivity contribution in [2.75, 3.05) is 6.26 Å². The summed E-state index contributed by atoms with van der Waals surface area (Å²) in [6, 6.07) is 8.27. The fraction of sp³-hybridized carbons (Fsp3) is 0.267. The number of fused-ring (bicyclic) bond motifs is 1. The molecular weight excluding hydrogens is 344 g/mol. The summed E-state index contributed by atoms with van der Waals surface area (Å²) in [5.74, 6) is -3.40. The molecule has 0 spiro atoms. The fourth-order valence-corrected chi connectivity index (χ4v) is 5.26. The summed E-state index contributed by atoms with van der Waals surface area (Å²) in [5, 5.41) is 18.8. The second-order valence-electron chi connectivity index (χ2n) is 5.42. The smallest absolute Gasteiger partial charge is 0.281 e. The van der Waals surface area contributed by atoms with E-state index in [1.165, 1.54) is 6.07 Å². The molecule has 1 aliphatic rings. The minimum atomic E-state index is -3.75. The van der Waals surface area contributed by atoms with Gasteiger partial charge in [-0.1, -0.05) is 12.1 Å². The van der Waals surface area contributed by atoms with Gasteiger partial charge in [-0.15, -0.1) is 11.3 Å². The lowest BCUT2D eigenvalue weighted by Gasteiger charge is -2.14. The molecule has 23 heavy (non-hydrogen) atoms. The molecule has 3 rings (SSSR count). The SMILES string of the molecule is CS(=O)(=O)c1sc(-c2cccc(C#N)c2)c2c1[C@H](O)C(F)(F)C2. The number of aliphatic hydroxyl groups is 1. The summed E-state index contributed by atoms with van der Waals surface area (Å²) in [4.78, 5) is 0.355.